The molecule has 2 N–H and O–H groups in total. The van der Waals surface area contributed by atoms with Gasteiger partial charge in [0.1, 0.15) is 11.9 Å². The van der Waals surface area contributed by atoms with Crippen molar-refractivity contribution < 1.29 is 9.18 Å². The number of nitrogen functional groups attached to an aromatic ring is 1. The number of aromatic nitrogens is 2. The Morgan fingerprint density at radius 2 is 1.96 bits per heavy atom. The Kier molecular flexibility index (Phi) is 4.42. The highest BCUT2D eigenvalue weighted by molar-refractivity contribution is 6.31. The molecule has 1 aromatic heterocycles. The monoisotopic (exact) mass is 352 g/mol. The first-order chi connectivity index (χ1) is 12.0. The van der Waals surface area contributed by atoms with Crippen LogP contribution in [0.1, 0.15) is 21.5 Å². The largest absolute Gasteiger partial charge is 0.368 e. The maximum Gasteiger partial charge on any atom is 0.220 e. The molecule has 0 aliphatic carbocycles. The van der Waals surface area contributed by atoms with Gasteiger partial charge in [0, 0.05) is 16.1 Å². The van der Waals surface area contributed by atoms with E-state index in [1.165, 1.54) is 30.5 Å². The fraction of sp³-hybridized carbons (Fsp3) is 0. The van der Waals surface area contributed by atoms with Crippen molar-refractivity contribution in [1.29, 1.82) is 5.26 Å². The van der Waals surface area contributed by atoms with Gasteiger partial charge in [0.2, 0.25) is 5.95 Å². The van der Waals surface area contributed by atoms with Gasteiger partial charge in [0.25, 0.3) is 0 Å². The molecule has 122 valence electrons. The summed E-state index contributed by atoms with van der Waals surface area (Å²) in [5.74, 6) is -1.27. The topological polar surface area (TPSA) is 92.7 Å². The molecule has 0 fully saturated rings. The first-order valence-corrected chi connectivity index (χ1v) is 7.51. The van der Waals surface area contributed by atoms with Gasteiger partial charge in [-0.2, -0.15) is 5.26 Å². The quantitative estimate of drug-likeness (QED) is 0.727. The van der Waals surface area contributed by atoms with Gasteiger partial charge >= 0.3 is 0 Å². The van der Waals surface area contributed by atoms with Gasteiger partial charge in [-0.1, -0.05) is 29.8 Å². The number of halogens is 2. The van der Waals surface area contributed by atoms with Crippen molar-refractivity contribution in [2.75, 3.05) is 5.73 Å². The first-order valence-electron chi connectivity index (χ1n) is 7.13. The van der Waals surface area contributed by atoms with Crippen molar-refractivity contribution >= 4 is 23.3 Å². The third kappa shape index (κ3) is 3.18. The zero-order valence-electron chi connectivity index (χ0n) is 12.7. The normalized spacial score (nSPS) is 10.3. The molecule has 3 rings (SSSR count). The Labute approximate surface area is 147 Å². The summed E-state index contributed by atoms with van der Waals surface area (Å²) in [5, 5.41) is 9.57. The van der Waals surface area contributed by atoms with Crippen molar-refractivity contribution in [3.05, 3.63) is 76.2 Å². The summed E-state index contributed by atoms with van der Waals surface area (Å²) in [4.78, 5) is 20.7. The van der Waals surface area contributed by atoms with Crippen LogP contribution in [0.2, 0.25) is 5.02 Å². The van der Waals surface area contributed by atoms with Gasteiger partial charge in [-0.25, -0.2) is 14.4 Å². The molecule has 2 aromatic carbocycles. The van der Waals surface area contributed by atoms with Gasteiger partial charge < -0.3 is 5.73 Å². The Balaban J connectivity index is 2.25. The highest BCUT2D eigenvalue weighted by Crippen LogP contribution is 2.30. The summed E-state index contributed by atoms with van der Waals surface area (Å²) in [5.41, 5.74) is 6.27. The van der Waals surface area contributed by atoms with Crippen molar-refractivity contribution in [3.8, 4) is 17.3 Å². The second-order valence-corrected chi connectivity index (χ2v) is 5.54. The van der Waals surface area contributed by atoms with E-state index in [1.807, 2.05) is 6.07 Å². The van der Waals surface area contributed by atoms with Crippen LogP contribution < -0.4 is 5.73 Å². The number of carbonyl (C=O) groups is 1. The smallest absolute Gasteiger partial charge is 0.220 e. The Morgan fingerprint density at radius 1 is 1.20 bits per heavy atom. The summed E-state index contributed by atoms with van der Waals surface area (Å²) >= 11 is 6.01. The molecule has 0 aliphatic rings. The molecule has 1 heterocycles. The lowest BCUT2D eigenvalue weighted by atomic mass is 9.95. The molecule has 0 saturated heterocycles. The van der Waals surface area contributed by atoms with E-state index in [2.05, 4.69) is 9.97 Å². The number of carbonyl (C=O) groups excluding carboxylic acids is 1. The number of hydrogen-bond donors (Lipinski definition) is 1. The molecular formula is C18H10ClFN4O. The van der Waals surface area contributed by atoms with Gasteiger partial charge in [0.05, 0.1) is 23.0 Å². The van der Waals surface area contributed by atoms with E-state index < -0.39 is 11.6 Å². The molecule has 0 saturated carbocycles. The van der Waals surface area contributed by atoms with Crippen LogP contribution in [0, 0.1) is 17.1 Å². The van der Waals surface area contributed by atoms with Crippen molar-refractivity contribution in [2.45, 2.75) is 0 Å². The Morgan fingerprint density at radius 3 is 2.68 bits per heavy atom. The predicted octanol–water partition coefficient (Wildman–Crippen LogP) is 3.62. The highest BCUT2D eigenvalue weighted by atomic mass is 35.5. The van der Waals surface area contributed by atoms with E-state index in [0.717, 1.165) is 0 Å². The predicted molar refractivity (Wildman–Crippen MR) is 91.4 cm³/mol. The van der Waals surface area contributed by atoms with Gasteiger partial charge in [-0.05, 0) is 24.3 Å². The third-order valence-electron chi connectivity index (χ3n) is 3.53. The van der Waals surface area contributed by atoms with E-state index >= 15 is 0 Å². The summed E-state index contributed by atoms with van der Waals surface area (Å²) in [6, 6.07) is 12.1. The number of nitrogens with zero attached hydrogens (tertiary/aromatic N) is 3. The fourth-order valence-corrected chi connectivity index (χ4v) is 2.56. The molecule has 3 aromatic rings. The van der Waals surface area contributed by atoms with E-state index in [-0.39, 0.29) is 28.3 Å². The molecule has 5 nitrogen and oxygen atoms in total. The molecule has 25 heavy (non-hydrogen) atoms. The molecule has 0 bridgehead atoms. The molecular weight excluding hydrogens is 343 g/mol. The molecule has 0 radical (unpaired) electrons. The number of ketones is 1. The van der Waals surface area contributed by atoms with E-state index in [9.17, 15) is 14.4 Å². The second-order valence-electron chi connectivity index (χ2n) is 5.10. The average Bonchev–Trinajstić information content (AvgIpc) is 2.61. The molecule has 0 atom stereocenters. The lowest BCUT2D eigenvalue weighted by Crippen LogP contribution is -2.08. The number of rotatable bonds is 3. The highest BCUT2D eigenvalue weighted by Gasteiger charge is 2.21. The number of nitriles is 1. The molecule has 0 unspecified atom stereocenters. The lowest BCUT2D eigenvalue weighted by Gasteiger charge is -2.11. The number of benzene rings is 2. The maximum atomic E-state index is 14.0. The van der Waals surface area contributed by atoms with E-state index in [4.69, 9.17) is 17.3 Å². The fourth-order valence-electron chi connectivity index (χ4n) is 2.38. The zero-order chi connectivity index (χ0) is 18.0. The number of nitrogens with two attached hydrogens (primary N) is 1. The molecule has 7 heteroatoms. The number of hydrogen-bond acceptors (Lipinski definition) is 5. The summed E-state index contributed by atoms with van der Waals surface area (Å²) in [6.07, 6.45) is 1.27. The Hall–Kier alpha value is -3.30. The first kappa shape index (κ1) is 16.6. The van der Waals surface area contributed by atoms with Crippen molar-refractivity contribution in [1.82, 2.24) is 9.97 Å². The molecule has 0 aliphatic heterocycles. The van der Waals surface area contributed by atoms with Crippen molar-refractivity contribution in [3.63, 3.8) is 0 Å². The van der Waals surface area contributed by atoms with Gasteiger partial charge in [0.15, 0.2) is 5.78 Å². The van der Waals surface area contributed by atoms with Gasteiger partial charge in [-0.3, -0.25) is 4.79 Å². The number of anilines is 1. The second kappa shape index (κ2) is 6.67. The minimum atomic E-state index is -0.652. The van der Waals surface area contributed by atoms with E-state index in [0.29, 0.717) is 10.6 Å². The minimum absolute atomic E-state index is 0.0479. The summed E-state index contributed by atoms with van der Waals surface area (Å²) in [7, 11) is 0. The standard InChI is InChI=1S/C18H10ClFN4O/c19-11-5-6-12(16-10(8-21)9-23-18(22)24-16)14(7-11)17(25)13-3-1-2-4-15(13)20/h1-7,9H,(H2,22,23,24). The van der Waals surface area contributed by atoms with Crippen LogP contribution in [0.4, 0.5) is 10.3 Å². The van der Waals surface area contributed by atoms with Crippen LogP contribution in [0.5, 0.6) is 0 Å². The zero-order valence-corrected chi connectivity index (χ0v) is 13.5. The minimum Gasteiger partial charge on any atom is -0.368 e. The van der Waals surface area contributed by atoms with Gasteiger partial charge in [-0.15, -0.1) is 0 Å². The summed E-state index contributed by atoms with van der Waals surface area (Å²) in [6.45, 7) is 0. The summed E-state index contributed by atoms with van der Waals surface area (Å²) < 4.78 is 14.0. The Bertz CT molecular complexity index is 1030. The average molecular weight is 353 g/mol. The van der Waals surface area contributed by atoms with Crippen LogP contribution in [0.3, 0.4) is 0 Å². The van der Waals surface area contributed by atoms with Crippen LogP contribution in [0.25, 0.3) is 11.3 Å². The van der Waals surface area contributed by atoms with Crippen molar-refractivity contribution in [2.24, 2.45) is 0 Å². The SMILES string of the molecule is N#Cc1cnc(N)nc1-c1ccc(Cl)cc1C(=O)c1ccccc1F. The van der Waals surface area contributed by atoms with Crippen LogP contribution in [-0.2, 0) is 0 Å². The lowest BCUT2D eigenvalue weighted by molar-refractivity contribution is 0.103. The molecule has 0 spiro atoms. The van der Waals surface area contributed by atoms with Crippen LogP contribution >= 0.6 is 11.6 Å². The third-order valence-corrected chi connectivity index (χ3v) is 3.76. The van der Waals surface area contributed by atoms with Crippen LogP contribution in [-0.4, -0.2) is 15.8 Å². The maximum absolute atomic E-state index is 14.0. The molecule has 0 amide bonds. The van der Waals surface area contributed by atoms with Crippen LogP contribution in [0.15, 0.2) is 48.7 Å². The van der Waals surface area contributed by atoms with E-state index in [1.54, 1.807) is 18.2 Å².